The molecule has 0 bridgehead atoms. The van der Waals surface area contributed by atoms with E-state index in [-0.39, 0.29) is 11.9 Å². The smallest absolute Gasteiger partial charge is 0.254 e. The minimum absolute atomic E-state index is 0.0399. The van der Waals surface area contributed by atoms with Gasteiger partial charge < -0.3 is 14.4 Å². The third-order valence-electron chi connectivity index (χ3n) is 4.87. The number of ether oxygens (including phenoxy) is 2. The molecule has 1 aromatic heterocycles. The number of amides is 1. The summed E-state index contributed by atoms with van der Waals surface area (Å²) in [5, 5.41) is 0.384. The van der Waals surface area contributed by atoms with Crippen LogP contribution in [0.2, 0.25) is 5.02 Å². The Labute approximate surface area is 165 Å². The highest BCUT2D eigenvalue weighted by Gasteiger charge is 2.28. The number of nitrogens with zero attached hydrogens (tertiary/aromatic N) is 2. The molecule has 1 atom stereocenters. The number of methoxy groups -OCH3 is 1. The molecular weight excluding hydrogens is 364 g/mol. The SMILES string of the molecule is CCOc1c(Cl)cc(C(=O)N2CCCCC[C@@H]2c2ccncc2)cc1OC. The average Bonchev–Trinajstić information content (AvgIpc) is 2.95. The minimum atomic E-state index is -0.0399. The second-order valence-electron chi connectivity index (χ2n) is 6.57. The Morgan fingerprint density at radius 1 is 1.26 bits per heavy atom. The molecular formula is C21H25ClN2O3. The summed E-state index contributed by atoms with van der Waals surface area (Å²) >= 11 is 6.38. The summed E-state index contributed by atoms with van der Waals surface area (Å²) in [4.78, 5) is 19.4. The van der Waals surface area contributed by atoms with Crippen molar-refractivity contribution in [1.82, 2.24) is 9.88 Å². The molecule has 3 rings (SSSR count). The zero-order chi connectivity index (χ0) is 19.2. The number of pyridine rings is 1. The Morgan fingerprint density at radius 2 is 2.04 bits per heavy atom. The summed E-state index contributed by atoms with van der Waals surface area (Å²) in [6, 6.07) is 7.41. The number of benzene rings is 1. The van der Waals surface area contributed by atoms with Crippen LogP contribution in [0.5, 0.6) is 11.5 Å². The van der Waals surface area contributed by atoms with Gasteiger partial charge in [0.25, 0.3) is 5.91 Å². The molecule has 0 aliphatic carbocycles. The average molecular weight is 389 g/mol. The number of aromatic nitrogens is 1. The predicted molar refractivity (Wildman–Crippen MR) is 106 cm³/mol. The van der Waals surface area contributed by atoms with Crippen LogP contribution in [0.15, 0.2) is 36.7 Å². The molecule has 0 N–H and O–H groups in total. The van der Waals surface area contributed by atoms with Gasteiger partial charge in [-0.05, 0) is 49.6 Å². The first-order chi connectivity index (χ1) is 13.2. The number of carbonyl (C=O) groups excluding carboxylic acids is 1. The van der Waals surface area contributed by atoms with E-state index in [1.165, 1.54) is 0 Å². The highest BCUT2D eigenvalue weighted by Crippen LogP contribution is 2.38. The number of hydrogen-bond donors (Lipinski definition) is 0. The van der Waals surface area contributed by atoms with E-state index in [0.717, 1.165) is 37.8 Å². The van der Waals surface area contributed by atoms with Crippen LogP contribution in [0, 0.1) is 0 Å². The van der Waals surface area contributed by atoms with Crippen molar-refractivity contribution in [3.05, 3.63) is 52.8 Å². The van der Waals surface area contributed by atoms with Crippen molar-refractivity contribution in [3.8, 4) is 11.5 Å². The highest BCUT2D eigenvalue weighted by atomic mass is 35.5. The molecule has 1 aromatic carbocycles. The first kappa shape index (κ1) is 19.5. The largest absolute Gasteiger partial charge is 0.493 e. The summed E-state index contributed by atoms with van der Waals surface area (Å²) < 4.78 is 11.0. The lowest BCUT2D eigenvalue weighted by atomic mass is 10.0. The van der Waals surface area contributed by atoms with Crippen LogP contribution in [-0.2, 0) is 0 Å². The summed E-state index contributed by atoms with van der Waals surface area (Å²) in [6.07, 6.45) is 7.72. The molecule has 1 amide bonds. The van der Waals surface area contributed by atoms with Gasteiger partial charge >= 0.3 is 0 Å². The number of rotatable bonds is 5. The topological polar surface area (TPSA) is 51.7 Å². The molecule has 0 spiro atoms. The summed E-state index contributed by atoms with van der Waals surface area (Å²) in [7, 11) is 1.55. The zero-order valence-corrected chi connectivity index (χ0v) is 16.5. The molecule has 144 valence electrons. The van der Waals surface area contributed by atoms with Crippen LogP contribution in [0.4, 0.5) is 0 Å². The monoisotopic (exact) mass is 388 g/mol. The Hall–Kier alpha value is -2.27. The Morgan fingerprint density at radius 3 is 2.74 bits per heavy atom. The lowest BCUT2D eigenvalue weighted by molar-refractivity contribution is 0.0680. The maximum Gasteiger partial charge on any atom is 0.254 e. The standard InChI is InChI=1S/C21H25ClN2O3/c1-3-27-20-17(22)13-16(14-19(20)26-2)21(25)24-12-6-4-5-7-18(24)15-8-10-23-11-9-15/h8-11,13-14,18H,3-7,12H2,1-2H3/t18-/m1/s1. The molecule has 5 nitrogen and oxygen atoms in total. The first-order valence-corrected chi connectivity index (χ1v) is 9.74. The molecule has 27 heavy (non-hydrogen) atoms. The normalized spacial score (nSPS) is 17.3. The molecule has 0 saturated carbocycles. The van der Waals surface area contributed by atoms with Crippen molar-refractivity contribution in [2.45, 2.75) is 38.6 Å². The van der Waals surface area contributed by atoms with E-state index in [2.05, 4.69) is 4.98 Å². The van der Waals surface area contributed by atoms with Crippen LogP contribution >= 0.6 is 11.6 Å². The van der Waals surface area contributed by atoms with E-state index in [9.17, 15) is 4.79 Å². The van der Waals surface area contributed by atoms with Gasteiger partial charge in [0.05, 0.1) is 24.8 Å². The zero-order valence-electron chi connectivity index (χ0n) is 15.8. The molecule has 1 aliphatic rings. The van der Waals surface area contributed by atoms with E-state index in [4.69, 9.17) is 21.1 Å². The van der Waals surface area contributed by atoms with Gasteiger partial charge in [-0.1, -0.05) is 24.4 Å². The second-order valence-corrected chi connectivity index (χ2v) is 6.97. The van der Waals surface area contributed by atoms with Gasteiger partial charge in [0.1, 0.15) is 0 Å². The Kier molecular flexibility index (Phi) is 6.56. The van der Waals surface area contributed by atoms with Crippen molar-refractivity contribution in [2.75, 3.05) is 20.3 Å². The highest BCUT2D eigenvalue weighted by molar-refractivity contribution is 6.32. The third kappa shape index (κ3) is 4.35. The molecule has 0 radical (unpaired) electrons. The fourth-order valence-corrected chi connectivity index (χ4v) is 3.84. The van der Waals surface area contributed by atoms with Crippen LogP contribution < -0.4 is 9.47 Å². The quantitative estimate of drug-likeness (QED) is 0.731. The molecule has 1 saturated heterocycles. The van der Waals surface area contributed by atoms with Crippen molar-refractivity contribution < 1.29 is 14.3 Å². The van der Waals surface area contributed by atoms with Crippen molar-refractivity contribution in [3.63, 3.8) is 0 Å². The van der Waals surface area contributed by atoms with Gasteiger partial charge in [0, 0.05) is 24.5 Å². The number of likely N-dealkylation sites (tertiary alicyclic amines) is 1. The van der Waals surface area contributed by atoms with Gasteiger partial charge in [0.15, 0.2) is 11.5 Å². The number of carbonyl (C=O) groups is 1. The predicted octanol–water partition coefficient (Wildman–Crippen LogP) is 4.90. The molecule has 6 heteroatoms. The summed E-state index contributed by atoms with van der Waals surface area (Å²) in [5.41, 5.74) is 1.63. The number of halogens is 1. The van der Waals surface area contributed by atoms with Gasteiger partial charge in [-0.2, -0.15) is 0 Å². The fourth-order valence-electron chi connectivity index (χ4n) is 3.58. The molecule has 2 aromatic rings. The Balaban J connectivity index is 1.95. The molecule has 1 aliphatic heterocycles. The van der Waals surface area contributed by atoms with Gasteiger partial charge in [-0.25, -0.2) is 0 Å². The summed E-state index contributed by atoms with van der Waals surface area (Å²) in [6.45, 7) is 3.07. The van der Waals surface area contributed by atoms with Crippen molar-refractivity contribution in [1.29, 1.82) is 0 Å². The van der Waals surface area contributed by atoms with E-state index in [1.54, 1.807) is 31.6 Å². The van der Waals surface area contributed by atoms with Crippen LogP contribution in [-0.4, -0.2) is 36.1 Å². The van der Waals surface area contributed by atoms with E-state index in [1.807, 2.05) is 24.0 Å². The maximum atomic E-state index is 13.4. The van der Waals surface area contributed by atoms with Crippen molar-refractivity contribution in [2.24, 2.45) is 0 Å². The van der Waals surface area contributed by atoms with E-state index >= 15 is 0 Å². The first-order valence-electron chi connectivity index (χ1n) is 9.37. The minimum Gasteiger partial charge on any atom is -0.493 e. The van der Waals surface area contributed by atoms with Gasteiger partial charge in [0.2, 0.25) is 0 Å². The lowest BCUT2D eigenvalue weighted by Crippen LogP contribution is -2.34. The van der Waals surface area contributed by atoms with Crippen LogP contribution in [0.25, 0.3) is 0 Å². The van der Waals surface area contributed by atoms with E-state index in [0.29, 0.717) is 28.7 Å². The lowest BCUT2D eigenvalue weighted by Gasteiger charge is -2.31. The van der Waals surface area contributed by atoms with E-state index < -0.39 is 0 Å². The maximum absolute atomic E-state index is 13.4. The molecule has 2 heterocycles. The third-order valence-corrected chi connectivity index (χ3v) is 5.15. The van der Waals surface area contributed by atoms with Gasteiger partial charge in [-0.15, -0.1) is 0 Å². The van der Waals surface area contributed by atoms with Crippen LogP contribution in [0.3, 0.4) is 0 Å². The molecule has 0 unspecified atom stereocenters. The Bertz CT molecular complexity index is 782. The summed E-state index contributed by atoms with van der Waals surface area (Å²) in [5.74, 6) is 0.907. The van der Waals surface area contributed by atoms with Gasteiger partial charge in [-0.3, -0.25) is 9.78 Å². The number of hydrogen-bond acceptors (Lipinski definition) is 4. The molecule has 1 fully saturated rings. The second kappa shape index (κ2) is 9.09. The van der Waals surface area contributed by atoms with Crippen molar-refractivity contribution >= 4 is 17.5 Å². The fraction of sp³-hybridized carbons (Fsp3) is 0.429. The van der Waals surface area contributed by atoms with Crippen LogP contribution in [0.1, 0.15) is 54.6 Å².